The first kappa shape index (κ1) is 23.0. The molecule has 1 aliphatic rings. The molecule has 0 radical (unpaired) electrons. The van der Waals surface area contributed by atoms with Crippen LogP contribution in [-0.2, 0) is 23.2 Å². The van der Waals surface area contributed by atoms with Gasteiger partial charge in [-0.05, 0) is 43.3 Å². The molecule has 1 saturated carbocycles. The summed E-state index contributed by atoms with van der Waals surface area (Å²) in [7, 11) is 1.62. The van der Waals surface area contributed by atoms with Crippen LogP contribution in [0.25, 0.3) is 22.1 Å². The second-order valence-electron chi connectivity index (χ2n) is 8.01. The number of aromatic nitrogens is 4. The molecule has 10 nitrogen and oxygen atoms in total. The lowest BCUT2D eigenvalue weighted by molar-refractivity contribution is -0.116. The van der Waals surface area contributed by atoms with E-state index in [0.717, 1.165) is 0 Å². The average Bonchev–Trinajstić information content (AvgIpc) is 3.31. The number of benzene rings is 2. The van der Waals surface area contributed by atoms with Crippen molar-refractivity contribution in [2.45, 2.75) is 24.2 Å². The summed E-state index contributed by atoms with van der Waals surface area (Å²) in [5.41, 5.74) is 2.13. The number of fused-ring (bicyclic) bond motifs is 2. The van der Waals surface area contributed by atoms with Crippen LogP contribution in [0.3, 0.4) is 0 Å². The number of aryl methyl sites for hydroxylation is 2. The highest BCUT2D eigenvalue weighted by atomic mass is 35.5. The molecule has 0 aliphatic heterocycles. The minimum atomic E-state index is -1.38. The summed E-state index contributed by atoms with van der Waals surface area (Å²) in [6, 6.07) is 9.77. The summed E-state index contributed by atoms with van der Waals surface area (Å²) < 4.78 is 3.00. The number of Topliss-reactive ketones (excluding diaryl/α,β-unsaturated/α-hetero) is 2. The molecule has 2 unspecified atom stereocenters. The van der Waals surface area contributed by atoms with Crippen molar-refractivity contribution >= 4 is 79.6 Å². The molecule has 2 aromatic heterocycles. The minimum Gasteiger partial charge on any atom is -0.305 e. The molecule has 1 fully saturated rings. The maximum absolute atomic E-state index is 13.0. The Labute approximate surface area is 206 Å². The van der Waals surface area contributed by atoms with E-state index in [1.165, 1.54) is 4.57 Å². The first-order chi connectivity index (χ1) is 16.7. The summed E-state index contributed by atoms with van der Waals surface area (Å²) in [4.78, 5) is 63.9. The van der Waals surface area contributed by atoms with Crippen LogP contribution >= 0.6 is 23.2 Å². The number of ketones is 2. The largest absolute Gasteiger partial charge is 0.326 e. The number of carbonyl (C=O) groups is 2. The molecule has 178 valence electrons. The van der Waals surface area contributed by atoms with E-state index < -0.39 is 22.3 Å². The highest BCUT2D eigenvalue weighted by Gasteiger charge is 2.44. The first-order valence-corrected chi connectivity index (χ1v) is 11.5. The van der Waals surface area contributed by atoms with Crippen LogP contribution < -0.4 is 11.4 Å². The van der Waals surface area contributed by atoms with Crippen molar-refractivity contribution in [2.75, 3.05) is 0 Å². The Morgan fingerprint density at radius 1 is 0.800 bits per heavy atom. The maximum Gasteiger partial charge on any atom is 0.326 e. The first-order valence-electron chi connectivity index (χ1n) is 10.6. The van der Waals surface area contributed by atoms with Gasteiger partial charge >= 0.3 is 11.4 Å². The molecule has 0 amide bonds. The Bertz CT molecular complexity index is 1720. The molecule has 12 heteroatoms. The molecule has 5 rings (SSSR count). The minimum absolute atomic E-state index is 0.199. The van der Waals surface area contributed by atoms with Crippen molar-refractivity contribution in [2.24, 2.45) is 17.0 Å². The number of hydrogen-bond donors (Lipinski definition) is 2. The number of rotatable bonds is 3. The number of alkyl halides is 2. The van der Waals surface area contributed by atoms with Gasteiger partial charge in [-0.2, -0.15) is 0 Å². The number of aliphatic imine (C=N–C) groups is 2. The molecule has 1 aliphatic carbocycles. The van der Waals surface area contributed by atoms with Gasteiger partial charge in [0.15, 0.2) is 0 Å². The van der Waals surface area contributed by atoms with Crippen molar-refractivity contribution in [3.8, 4) is 0 Å². The molecule has 0 spiro atoms. The molecule has 0 saturated heterocycles. The van der Waals surface area contributed by atoms with Crippen LogP contribution in [0.4, 0.5) is 11.4 Å². The smallest absolute Gasteiger partial charge is 0.305 e. The van der Waals surface area contributed by atoms with Gasteiger partial charge in [0.2, 0.25) is 11.6 Å². The lowest BCUT2D eigenvalue weighted by atomic mass is 9.92. The quantitative estimate of drug-likeness (QED) is 0.408. The summed E-state index contributed by atoms with van der Waals surface area (Å²) in [6.07, 6.45) is 0. The van der Waals surface area contributed by atoms with Gasteiger partial charge in [-0.25, -0.2) is 19.6 Å². The van der Waals surface area contributed by atoms with Crippen molar-refractivity contribution in [3.63, 3.8) is 0 Å². The number of hydrogen-bond acceptors (Lipinski definition) is 6. The lowest BCUT2D eigenvalue weighted by Gasteiger charge is -2.22. The molecular formula is C23H18Cl2N6O4. The van der Waals surface area contributed by atoms with Crippen LogP contribution in [0.1, 0.15) is 6.92 Å². The van der Waals surface area contributed by atoms with Gasteiger partial charge in [0.25, 0.3) is 0 Å². The Hall–Kier alpha value is -3.76. The Morgan fingerprint density at radius 3 is 1.83 bits per heavy atom. The zero-order valence-electron chi connectivity index (χ0n) is 18.5. The number of H-pyrrole nitrogens is 2. The number of nitrogens with zero attached hydrogens (tertiary/aromatic N) is 4. The highest BCUT2D eigenvalue weighted by molar-refractivity contribution is 6.79. The van der Waals surface area contributed by atoms with Crippen LogP contribution in [0.2, 0.25) is 0 Å². The van der Waals surface area contributed by atoms with Crippen LogP contribution in [0, 0.1) is 0 Å². The van der Waals surface area contributed by atoms with Gasteiger partial charge in [-0.3, -0.25) is 18.7 Å². The standard InChI is InChI=1S/C23H18Cl2N6O4/c1-3-31-15-7-5-11(9-13(15)29-23(31)35)27-19-17(25)20(32)18(16(24)21(19)33)26-10-4-6-14-12(8-10)28-22(34)30(14)2/h4-9,16-17H,3H2,1-2H3,(H,28,34)(H,29,35). The van der Waals surface area contributed by atoms with E-state index >= 15 is 0 Å². The van der Waals surface area contributed by atoms with E-state index in [-0.39, 0.29) is 22.8 Å². The normalized spacial score (nSPS) is 21.1. The topological polar surface area (TPSA) is 134 Å². The zero-order chi connectivity index (χ0) is 25.0. The van der Waals surface area contributed by atoms with Crippen LogP contribution in [0.5, 0.6) is 0 Å². The van der Waals surface area contributed by atoms with E-state index in [1.807, 2.05) is 6.92 Å². The maximum atomic E-state index is 13.0. The predicted octanol–water partition coefficient (Wildman–Crippen LogP) is 2.74. The Kier molecular flexibility index (Phi) is 5.57. The molecule has 35 heavy (non-hydrogen) atoms. The van der Waals surface area contributed by atoms with E-state index in [9.17, 15) is 19.2 Å². The molecule has 0 bridgehead atoms. The molecule has 4 aromatic rings. The van der Waals surface area contributed by atoms with E-state index in [0.29, 0.717) is 40.0 Å². The summed E-state index contributed by atoms with van der Waals surface area (Å²) in [6.45, 7) is 2.34. The fraction of sp³-hybridized carbons (Fsp3) is 0.217. The monoisotopic (exact) mass is 512 g/mol. The molecule has 2 atom stereocenters. The summed E-state index contributed by atoms with van der Waals surface area (Å²) in [5.74, 6) is -1.28. The number of imidazole rings is 2. The molecule has 2 aromatic carbocycles. The summed E-state index contributed by atoms with van der Waals surface area (Å²) >= 11 is 12.7. The highest BCUT2D eigenvalue weighted by Crippen LogP contribution is 2.27. The number of aromatic amines is 2. The fourth-order valence-corrected chi connectivity index (χ4v) is 4.63. The SMILES string of the molecule is CCn1c(=O)[nH]c2cc(N=C3C(=O)C(Cl)C(=Nc4ccc5c(c4)[nH]c(=O)n5C)C(=O)C3Cl)ccc21. The molecule has 2 N–H and O–H groups in total. The van der Waals surface area contributed by atoms with Gasteiger partial charge in [0.05, 0.1) is 33.4 Å². The van der Waals surface area contributed by atoms with Crippen LogP contribution in [0.15, 0.2) is 56.0 Å². The van der Waals surface area contributed by atoms with Gasteiger partial charge in [0, 0.05) is 13.6 Å². The van der Waals surface area contributed by atoms with Gasteiger partial charge in [-0.15, -0.1) is 23.2 Å². The second kappa shape index (κ2) is 8.47. The molecular weight excluding hydrogens is 495 g/mol. The number of carbonyl (C=O) groups excluding carboxylic acids is 2. The number of nitrogens with one attached hydrogen (secondary N) is 2. The number of halogens is 2. The predicted molar refractivity (Wildman–Crippen MR) is 135 cm³/mol. The fourth-order valence-electron chi connectivity index (χ4n) is 4.09. The van der Waals surface area contributed by atoms with Crippen LogP contribution in [-0.4, -0.2) is 52.8 Å². The van der Waals surface area contributed by atoms with Crippen molar-refractivity contribution in [1.82, 2.24) is 19.1 Å². The van der Waals surface area contributed by atoms with Gasteiger partial charge < -0.3 is 9.97 Å². The average molecular weight is 513 g/mol. The van der Waals surface area contributed by atoms with E-state index in [2.05, 4.69) is 20.0 Å². The Morgan fingerprint density at radius 2 is 1.29 bits per heavy atom. The van der Waals surface area contributed by atoms with Crippen molar-refractivity contribution in [3.05, 3.63) is 57.4 Å². The van der Waals surface area contributed by atoms with Gasteiger partial charge in [0.1, 0.15) is 22.2 Å². The van der Waals surface area contributed by atoms with Crippen molar-refractivity contribution in [1.29, 1.82) is 0 Å². The van der Waals surface area contributed by atoms with E-state index in [1.54, 1.807) is 48.0 Å². The third kappa shape index (κ3) is 3.75. The molecule has 2 heterocycles. The van der Waals surface area contributed by atoms with Crippen molar-refractivity contribution < 1.29 is 9.59 Å². The summed E-state index contributed by atoms with van der Waals surface area (Å²) in [5, 5.41) is -2.77. The third-order valence-electron chi connectivity index (χ3n) is 5.91. The zero-order valence-corrected chi connectivity index (χ0v) is 20.0. The van der Waals surface area contributed by atoms with Gasteiger partial charge in [-0.1, -0.05) is 0 Å². The Balaban J connectivity index is 1.51. The third-order valence-corrected chi connectivity index (χ3v) is 6.72. The lowest BCUT2D eigenvalue weighted by Crippen LogP contribution is -2.50. The second-order valence-corrected chi connectivity index (χ2v) is 8.89. The van der Waals surface area contributed by atoms with E-state index in [4.69, 9.17) is 23.2 Å².